The van der Waals surface area contributed by atoms with Crippen LogP contribution >= 0.6 is 0 Å². The number of rotatable bonds is 6. The molecule has 9 nitrogen and oxygen atoms in total. The number of benzene rings is 1. The first-order valence-corrected chi connectivity index (χ1v) is 14.0. The van der Waals surface area contributed by atoms with Gasteiger partial charge in [-0.3, -0.25) is 9.69 Å². The molecule has 2 aromatic rings. The maximum atomic E-state index is 13.6. The number of nitrogens with zero attached hydrogens (tertiary/aromatic N) is 4. The van der Waals surface area contributed by atoms with Gasteiger partial charge in [0.25, 0.3) is 5.91 Å². The molecule has 3 amide bonds. The number of hydrogen-bond donors (Lipinski definition) is 2. The van der Waals surface area contributed by atoms with Crippen molar-refractivity contribution in [1.82, 2.24) is 20.1 Å². The van der Waals surface area contributed by atoms with Crippen LogP contribution in [0.1, 0.15) is 69.8 Å². The van der Waals surface area contributed by atoms with E-state index in [2.05, 4.69) is 20.2 Å². The molecule has 2 aliphatic heterocycles. The van der Waals surface area contributed by atoms with Crippen molar-refractivity contribution in [2.45, 2.75) is 82.3 Å². The fraction of sp³-hybridized carbons (Fsp3) is 0.517. The average molecular weight is 517 g/mol. The molecule has 3 N–H and O–H groups in total. The Kier molecular flexibility index (Phi) is 6.68. The molecule has 1 saturated heterocycles. The van der Waals surface area contributed by atoms with Gasteiger partial charge >= 0.3 is 6.03 Å². The van der Waals surface area contributed by atoms with Gasteiger partial charge in [0, 0.05) is 18.2 Å². The molecule has 1 spiro atoms. The lowest BCUT2D eigenvalue weighted by atomic mass is 9.81. The Labute approximate surface area is 223 Å². The van der Waals surface area contributed by atoms with Crippen LogP contribution in [0.25, 0.3) is 0 Å². The van der Waals surface area contributed by atoms with Crippen LogP contribution in [0.4, 0.5) is 10.5 Å². The van der Waals surface area contributed by atoms with Gasteiger partial charge in [-0.05, 0) is 43.7 Å². The fourth-order valence-electron chi connectivity index (χ4n) is 6.64. The normalized spacial score (nSPS) is 22.2. The van der Waals surface area contributed by atoms with Crippen LogP contribution in [0.3, 0.4) is 0 Å². The third kappa shape index (κ3) is 4.70. The third-order valence-electron chi connectivity index (χ3n) is 8.69. The Morgan fingerprint density at radius 2 is 1.79 bits per heavy atom. The molecule has 3 fully saturated rings. The number of para-hydroxylation sites is 1. The molecular formula is C29H36N6O3. The highest BCUT2D eigenvalue weighted by Crippen LogP contribution is 2.38. The van der Waals surface area contributed by atoms with Crippen LogP contribution in [0.5, 0.6) is 11.6 Å². The van der Waals surface area contributed by atoms with Crippen molar-refractivity contribution < 1.29 is 14.3 Å². The van der Waals surface area contributed by atoms with Gasteiger partial charge in [-0.2, -0.15) is 0 Å². The molecule has 1 aromatic carbocycles. The van der Waals surface area contributed by atoms with Crippen molar-refractivity contribution >= 4 is 23.6 Å². The van der Waals surface area contributed by atoms with Crippen molar-refractivity contribution in [2.75, 3.05) is 6.54 Å². The van der Waals surface area contributed by atoms with E-state index >= 15 is 0 Å². The Morgan fingerprint density at radius 3 is 2.55 bits per heavy atom. The van der Waals surface area contributed by atoms with E-state index in [0.29, 0.717) is 36.6 Å². The minimum atomic E-state index is -0.726. The van der Waals surface area contributed by atoms with E-state index in [1.807, 2.05) is 36.4 Å². The van der Waals surface area contributed by atoms with E-state index < -0.39 is 5.54 Å². The van der Waals surface area contributed by atoms with Crippen LogP contribution in [0.2, 0.25) is 0 Å². The molecule has 2 aliphatic carbocycles. The Balaban J connectivity index is 1.27. The summed E-state index contributed by atoms with van der Waals surface area (Å²) >= 11 is 0. The summed E-state index contributed by atoms with van der Waals surface area (Å²) in [5, 5.41) is 3.07. The number of pyridine rings is 1. The monoisotopic (exact) mass is 516 g/mol. The molecule has 1 aromatic heterocycles. The molecule has 38 heavy (non-hydrogen) atoms. The second-order valence-corrected chi connectivity index (χ2v) is 11.1. The van der Waals surface area contributed by atoms with Crippen LogP contribution in [0, 0.1) is 5.92 Å². The Hall–Kier alpha value is -3.62. The first kappa shape index (κ1) is 24.7. The first-order valence-electron chi connectivity index (χ1n) is 14.0. The molecule has 1 unspecified atom stereocenters. The molecule has 9 heteroatoms. The second-order valence-electron chi connectivity index (χ2n) is 11.1. The summed E-state index contributed by atoms with van der Waals surface area (Å²) < 4.78 is 5.97. The maximum absolute atomic E-state index is 13.6. The second kappa shape index (κ2) is 10.3. The van der Waals surface area contributed by atoms with Gasteiger partial charge in [-0.15, -0.1) is 0 Å². The van der Waals surface area contributed by atoms with Crippen LogP contribution in [0.15, 0.2) is 47.6 Å². The smallest absolute Gasteiger partial charge is 0.325 e. The number of imide groups is 1. The minimum Gasteiger partial charge on any atom is -0.439 e. The third-order valence-corrected chi connectivity index (χ3v) is 8.69. The fourth-order valence-corrected chi connectivity index (χ4v) is 6.64. The number of ether oxygens (including phenoxy) is 1. The predicted molar refractivity (Wildman–Crippen MR) is 144 cm³/mol. The lowest BCUT2D eigenvalue weighted by Gasteiger charge is -2.42. The Bertz CT molecular complexity index is 1220. The zero-order valence-corrected chi connectivity index (χ0v) is 21.8. The van der Waals surface area contributed by atoms with E-state index in [4.69, 9.17) is 10.5 Å². The van der Waals surface area contributed by atoms with E-state index in [1.165, 1.54) is 11.3 Å². The number of hydrogen-bond acceptors (Lipinski definition) is 7. The van der Waals surface area contributed by atoms with Crippen molar-refractivity contribution in [3.05, 3.63) is 48.2 Å². The molecule has 6 rings (SSSR count). The highest BCUT2D eigenvalue weighted by molar-refractivity contribution is 6.07. The van der Waals surface area contributed by atoms with Crippen molar-refractivity contribution in [1.29, 1.82) is 0 Å². The highest BCUT2D eigenvalue weighted by atomic mass is 16.5. The van der Waals surface area contributed by atoms with Crippen molar-refractivity contribution in [3.63, 3.8) is 0 Å². The summed E-state index contributed by atoms with van der Waals surface area (Å²) in [5.41, 5.74) is 7.51. The van der Waals surface area contributed by atoms with Crippen LogP contribution in [-0.2, 0) is 11.3 Å². The number of amides is 3. The lowest BCUT2D eigenvalue weighted by Crippen LogP contribution is -2.55. The largest absolute Gasteiger partial charge is 0.439 e. The maximum Gasteiger partial charge on any atom is 0.325 e. The van der Waals surface area contributed by atoms with Gasteiger partial charge in [-0.1, -0.05) is 56.7 Å². The molecular weight excluding hydrogens is 480 g/mol. The van der Waals surface area contributed by atoms with Crippen LogP contribution in [-0.4, -0.2) is 50.8 Å². The van der Waals surface area contributed by atoms with Gasteiger partial charge in [0.2, 0.25) is 5.88 Å². The molecule has 0 radical (unpaired) electrons. The highest BCUT2D eigenvalue weighted by Gasteiger charge is 2.52. The van der Waals surface area contributed by atoms with Crippen molar-refractivity contribution in [3.8, 4) is 11.6 Å². The van der Waals surface area contributed by atoms with Crippen LogP contribution < -0.4 is 15.8 Å². The number of guanidine groups is 1. The van der Waals surface area contributed by atoms with E-state index in [1.54, 1.807) is 6.20 Å². The van der Waals surface area contributed by atoms with E-state index in [0.717, 1.165) is 69.0 Å². The molecule has 0 bridgehead atoms. The van der Waals surface area contributed by atoms with Gasteiger partial charge in [0.05, 0.1) is 24.5 Å². The SMILES string of the molecule is NC1=Nc2cnc(Oc3ccccc3)cc2CN1C(CN1C(=O)NC2(CCCCC2)C1=O)C1CCCCC1. The van der Waals surface area contributed by atoms with Gasteiger partial charge in [0.15, 0.2) is 5.96 Å². The molecule has 3 heterocycles. The number of aromatic nitrogens is 1. The number of nitrogens with two attached hydrogens (primary N) is 1. The average Bonchev–Trinajstić information content (AvgIpc) is 3.16. The Morgan fingerprint density at radius 1 is 1.05 bits per heavy atom. The van der Waals surface area contributed by atoms with Gasteiger partial charge < -0.3 is 20.7 Å². The summed E-state index contributed by atoms with van der Waals surface area (Å²) in [5.74, 6) is 1.87. The van der Waals surface area contributed by atoms with Gasteiger partial charge in [0.1, 0.15) is 11.3 Å². The lowest BCUT2D eigenvalue weighted by molar-refractivity contribution is -0.133. The quantitative estimate of drug-likeness (QED) is 0.531. The molecule has 2 saturated carbocycles. The topological polar surface area (TPSA) is 113 Å². The number of fused-ring (bicyclic) bond motifs is 1. The first-order chi connectivity index (χ1) is 18.5. The predicted octanol–water partition coefficient (Wildman–Crippen LogP) is 4.84. The minimum absolute atomic E-state index is 0.0707. The van der Waals surface area contributed by atoms with Gasteiger partial charge in [-0.25, -0.2) is 14.8 Å². The zero-order chi connectivity index (χ0) is 26.1. The number of carbonyl (C=O) groups is 2. The van der Waals surface area contributed by atoms with E-state index in [9.17, 15) is 9.59 Å². The molecule has 200 valence electrons. The summed E-state index contributed by atoms with van der Waals surface area (Å²) in [4.78, 5) is 39.4. The number of carbonyl (C=O) groups excluding carboxylic acids is 2. The summed E-state index contributed by atoms with van der Waals surface area (Å²) in [6.45, 7) is 0.843. The summed E-state index contributed by atoms with van der Waals surface area (Å²) in [6, 6.07) is 11.1. The number of nitrogens with one attached hydrogen (secondary N) is 1. The number of urea groups is 1. The molecule has 1 atom stereocenters. The standard InChI is InChI=1S/C29H36N6O3/c30-27-32-23-17-31-25(38-22-12-6-2-7-13-22)16-21(23)18-34(27)24(20-10-4-1-5-11-20)19-35-26(36)29(33-28(35)37)14-8-3-9-15-29/h2,6-7,12-13,16-17,20,24H,1,3-5,8-11,14-15,18-19H2,(H2,30,32)(H,33,37). The number of aliphatic imine (C=N–C) groups is 1. The zero-order valence-electron chi connectivity index (χ0n) is 21.8. The summed E-state index contributed by atoms with van der Waals surface area (Å²) in [7, 11) is 0. The molecule has 4 aliphatic rings. The van der Waals surface area contributed by atoms with E-state index in [-0.39, 0.29) is 18.0 Å². The van der Waals surface area contributed by atoms with Crippen molar-refractivity contribution in [2.24, 2.45) is 16.6 Å². The summed E-state index contributed by atoms with van der Waals surface area (Å²) in [6.07, 6.45) is 11.8.